The van der Waals surface area contributed by atoms with Gasteiger partial charge in [0.15, 0.2) is 11.5 Å². The molecule has 124 valence electrons. The van der Waals surface area contributed by atoms with Gasteiger partial charge in [-0.05, 0) is 30.7 Å². The Labute approximate surface area is 139 Å². The van der Waals surface area contributed by atoms with Crippen molar-refractivity contribution in [2.24, 2.45) is 0 Å². The molecule has 3 rings (SSSR count). The van der Waals surface area contributed by atoms with Gasteiger partial charge in [0.25, 0.3) is 5.91 Å². The predicted molar refractivity (Wildman–Crippen MR) is 87.9 cm³/mol. The molecule has 2 aromatic carbocycles. The summed E-state index contributed by atoms with van der Waals surface area (Å²) in [4.78, 5) is 24.1. The topological polar surface area (TPSA) is 76.7 Å². The first kappa shape index (κ1) is 15.9. The van der Waals surface area contributed by atoms with Crippen molar-refractivity contribution in [1.82, 2.24) is 10.6 Å². The SMILES string of the molecule is C[C@@H](NC(=O)CNC(=O)c1ccc2c(c1)OCO2)c1ccccc1. The van der Waals surface area contributed by atoms with Gasteiger partial charge in [0.1, 0.15) is 0 Å². The van der Waals surface area contributed by atoms with Gasteiger partial charge < -0.3 is 20.1 Å². The van der Waals surface area contributed by atoms with Crippen LogP contribution in [0.2, 0.25) is 0 Å². The number of carbonyl (C=O) groups is 2. The molecule has 0 aromatic heterocycles. The molecule has 0 unspecified atom stereocenters. The molecule has 0 aliphatic carbocycles. The predicted octanol–water partition coefficient (Wildman–Crippen LogP) is 2.02. The van der Waals surface area contributed by atoms with E-state index >= 15 is 0 Å². The van der Waals surface area contributed by atoms with Gasteiger partial charge in [-0.1, -0.05) is 30.3 Å². The lowest BCUT2D eigenvalue weighted by molar-refractivity contribution is -0.120. The van der Waals surface area contributed by atoms with E-state index in [2.05, 4.69) is 10.6 Å². The standard InChI is InChI=1S/C18H18N2O4/c1-12(13-5-3-2-4-6-13)20-17(21)10-19-18(22)14-7-8-15-16(9-14)24-11-23-15/h2-9,12H,10-11H2,1H3,(H,19,22)(H,20,21)/t12-/m1/s1. The monoisotopic (exact) mass is 326 g/mol. The lowest BCUT2D eigenvalue weighted by Gasteiger charge is -2.14. The largest absolute Gasteiger partial charge is 0.454 e. The van der Waals surface area contributed by atoms with E-state index in [1.165, 1.54) is 0 Å². The molecule has 1 heterocycles. The number of hydrogen-bond donors (Lipinski definition) is 2. The summed E-state index contributed by atoms with van der Waals surface area (Å²) in [7, 11) is 0. The van der Waals surface area contributed by atoms with Crippen molar-refractivity contribution in [2.45, 2.75) is 13.0 Å². The zero-order valence-corrected chi connectivity index (χ0v) is 13.2. The highest BCUT2D eigenvalue weighted by Gasteiger charge is 2.17. The quantitative estimate of drug-likeness (QED) is 0.881. The van der Waals surface area contributed by atoms with E-state index in [0.717, 1.165) is 5.56 Å². The van der Waals surface area contributed by atoms with Crippen LogP contribution in [0.3, 0.4) is 0 Å². The Bertz CT molecular complexity index is 746. The van der Waals surface area contributed by atoms with Gasteiger partial charge in [0, 0.05) is 5.56 Å². The third-order valence-electron chi connectivity index (χ3n) is 3.72. The molecule has 0 bridgehead atoms. The Morgan fingerprint density at radius 3 is 2.62 bits per heavy atom. The van der Waals surface area contributed by atoms with Crippen LogP contribution in [0.5, 0.6) is 11.5 Å². The second-order valence-corrected chi connectivity index (χ2v) is 5.45. The number of ether oxygens (including phenoxy) is 2. The highest BCUT2D eigenvalue weighted by Crippen LogP contribution is 2.32. The van der Waals surface area contributed by atoms with Crippen LogP contribution in [0.1, 0.15) is 28.9 Å². The molecule has 0 saturated carbocycles. The van der Waals surface area contributed by atoms with E-state index in [1.54, 1.807) is 18.2 Å². The first-order chi connectivity index (χ1) is 11.6. The highest BCUT2D eigenvalue weighted by atomic mass is 16.7. The molecular weight excluding hydrogens is 308 g/mol. The van der Waals surface area contributed by atoms with Gasteiger partial charge in [0.2, 0.25) is 12.7 Å². The van der Waals surface area contributed by atoms with Crippen LogP contribution in [-0.4, -0.2) is 25.2 Å². The molecule has 0 saturated heterocycles. The molecule has 1 aliphatic heterocycles. The number of nitrogens with one attached hydrogen (secondary N) is 2. The molecule has 0 radical (unpaired) electrons. The summed E-state index contributed by atoms with van der Waals surface area (Å²) in [6, 6.07) is 14.4. The second-order valence-electron chi connectivity index (χ2n) is 5.45. The first-order valence-electron chi connectivity index (χ1n) is 7.65. The van der Waals surface area contributed by atoms with Crippen LogP contribution in [0, 0.1) is 0 Å². The Morgan fingerprint density at radius 1 is 1.08 bits per heavy atom. The summed E-state index contributed by atoms with van der Waals surface area (Å²) in [5, 5.41) is 5.45. The third-order valence-corrected chi connectivity index (χ3v) is 3.72. The zero-order chi connectivity index (χ0) is 16.9. The van der Waals surface area contributed by atoms with E-state index in [9.17, 15) is 9.59 Å². The molecule has 0 fully saturated rings. The summed E-state index contributed by atoms with van der Waals surface area (Å²) < 4.78 is 10.4. The smallest absolute Gasteiger partial charge is 0.251 e. The van der Waals surface area contributed by atoms with Crippen molar-refractivity contribution in [2.75, 3.05) is 13.3 Å². The van der Waals surface area contributed by atoms with Crippen LogP contribution in [0.15, 0.2) is 48.5 Å². The van der Waals surface area contributed by atoms with Gasteiger partial charge in [-0.3, -0.25) is 9.59 Å². The van der Waals surface area contributed by atoms with Gasteiger partial charge >= 0.3 is 0 Å². The van der Waals surface area contributed by atoms with E-state index in [-0.39, 0.29) is 31.2 Å². The van der Waals surface area contributed by atoms with Gasteiger partial charge in [-0.25, -0.2) is 0 Å². The van der Waals surface area contributed by atoms with Crippen LogP contribution in [0.25, 0.3) is 0 Å². The maximum Gasteiger partial charge on any atom is 0.251 e. The molecule has 2 N–H and O–H groups in total. The van der Waals surface area contributed by atoms with Crippen molar-refractivity contribution < 1.29 is 19.1 Å². The van der Waals surface area contributed by atoms with Crippen molar-refractivity contribution in [3.63, 3.8) is 0 Å². The summed E-state index contributed by atoms with van der Waals surface area (Å²) in [6.45, 7) is 1.96. The third kappa shape index (κ3) is 3.65. The molecule has 1 atom stereocenters. The highest BCUT2D eigenvalue weighted by molar-refractivity contribution is 5.97. The molecule has 6 nitrogen and oxygen atoms in total. The fourth-order valence-electron chi connectivity index (χ4n) is 2.42. The van der Waals surface area contributed by atoms with Crippen LogP contribution in [-0.2, 0) is 4.79 Å². The molecule has 2 amide bonds. The molecular formula is C18H18N2O4. The molecule has 6 heteroatoms. The average molecular weight is 326 g/mol. The van der Waals surface area contributed by atoms with Crippen molar-refractivity contribution in [1.29, 1.82) is 0 Å². The minimum absolute atomic E-state index is 0.0928. The van der Waals surface area contributed by atoms with E-state index in [0.29, 0.717) is 17.1 Å². The molecule has 0 spiro atoms. The minimum Gasteiger partial charge on any atom is -0.454 e. The summed E-state index contributed by atoms with van der Waals surface area (Å²) in [6.07, 6.45) is 0. The maximum atomic E-state index is 12.1. The van der Waals surface area contributed by atoms with Crippen LogP contribution in [0.4, 0.5) is 0 Å². The van der Waals surface area contributed by atoms with Gasteiger partial charge in [-0.15, -0.1) is 0 Å². The average Bonchev–Trinajstić information content (AvgIpc) is 3.08. The fourth-order valence-corrected chi connectivity index (χ4v) is 2.42. The molecule has 1 aliphatic rings. The molecule has 2 aromatic rings. The number of hydrogen-bond acceptors (Lipinski definition) is 4. The van der Waals surface area contributed by atoms with Crippen molar-refractivity contribution in [3.8, 4) is 11.5 Å². The number of rotatable bonds is 5. The normalized spacial score (nSPS) is 13.2. The Kier molecular flexibility index (Phi) is 4.65. The van der Waals surface area contributed by atoms with E-state index in [4.69, 9.17) is 9.47 Å². The van der Waals surface area contributed by atoms with Gasteiger partial charge in [-0.2, -0.15) is 0 Å². The summed E-state index contributed by atoms with van der Waals surface area (Å²) in [5.74, 6) is 0.557. The maximum absolute atomic E-state index is 12.1. The van der Waals surface area contributed by atoms with Crippen LogP contribution >= 0.6 is 0 Å². The second kappa shape index (κ2) is 7.04. The summed E-state index contributed by atoms with van der Waals surface area (Å²) >= 11 is 0. The number of carbonyl (C=O) groups excluding carboxylic acids is 2. The zero-order valence-electron chi connectivity index (χ0n) is 13.2. The summed E-state index contributed by atoms with van der Waals surface area (Å²) in [5.41, 5.74) is 1.43. The van der Waals surface area contributed by atoms with Gasteiger partial charge in [0.05, 0.1) is 12.6 Å². The Morgan fingerprint density at radius 2 is 1.83 bits per heavy atom. The first-order valence-corrected chi connectivity index (χ1v) is 7.65. The number of amides is 2. The Hall–Kier alpha value is -3.02. The lowest BCUT2D eigenvalue weighted by Crippen LogP contribution is -2.38. The molecule has 24 heavy (non-hydrogen) atoms. The van der Waals surface area contributed by atoms with Crippen LogP contribution < -0.4 is 20.1 Å². The number of fused-ring (bicyclic) bond motifs is 1. The van der Waals surface area contributed by atoms with Crippen molar-refractivity contribution in [3.05, 3.63) is 59.7 Å². The minimum atomic E-state index is -0.337. The Balaban J connectivity index is 1.51. The number of benzene rings is 2. The van der Waals surface area contributed by atoms with E-state index < -0.39 is 0 Å². The lowest BCUT2D eigenvalue weighted by atomic mass is 10.1. The van der Waals surface area contributed by atoms with E-state index in [1.807, 2.05) is 37.3 Å². The van der Waals surface area contributed by atoms with Crippen molar-refractivity contribution >= 4 is 11.8 Å². The fraction of sp³-hybridized carbons (Fsp3) is 0.222.